The lowest BCUT2D eigenvalue weighted by molar-refractivity contribution is -0.137. The molecule has 6 nitrogen and oxygen atoms in total. The Morgan fingerprint density at radius 3 is 2.50 bits per heavy atom. The Morgan fingerprint density at radius 2 is 1.95 bits per heavy atom. The number of anilines is 1. The molecule has 0 amide bonds. The summed E-state index contributed by atoms with van der Waals surface area (Å²) < 4.78 is 65.0. The first kappa shape index (κ1) is 17.0. The summed E-state index contributed by atoms with van der Waals surface area (Å²) >= 11 is 0. The molecule has 2 N–H and O–H groups in total. The van der Waals surface area contributed by atoms with E-state index in [1.807, 2.05) is 0 Å². The largest absolute Gasteiger partial charge is 0.419 e. The second-order valence-electron chi connectivity index (χ2n) is 4.83. The van der Waals surface area contributed by atoms with Gasteiger partial charge in [-0.1, -0.05) is 0 Å². The predicted octanol–water partition coefficient (Wildman–Crippen LogP) is 1.29. The van der Waals surface area contributed by atoms with Crippen molar-refractivity contribution < 1.29 is 26.7 Å². The minimum Gasteiger partial charge on any atom is -0.395 e. The maximum Gasteiger partial charge on any atom is 0.419 e. The summed E-state index contributed by atoms with van der Waals surface area (Å²) in [5, 5.41) is 11.0. The molecular weight excluding hydrogens is 323 g/mol. The summed E-state index contributed by atoms with van der Waals surface area (Å²) in [6, 6.07) is 0.584. The highest BCUT2D eigenvalue weighted by Crippen LogP contribution is 2.35. The molecular formula is C12H16F3N3O3S. The minimum absolute atomic E-state index is 0.117. The van der Waals surface area contributed by atoms with Gasteiger partial charge in [-0.2, -0.15) is 17.5 Å². The first-order chi connectivity index (χ1) is 10.3. The van der Waals surface area contributed by atoms with Crippen molar-refractivity contribution in [3.8, 4) is 0 Å². The molecule has 1 aromatic heterocycles. The third-order valence-corrected chi connectivity index (χ3v) is 5.14. The van der Waals surface area contributed by atoms with E-state index in [9.17, 15) is 21.6 Å². The van der Waals surface area contributed by atoms with Crippen molar-refractivity contribution in [3.05, 3.63) is 17.8 Å². The minimum atomic E-state index is -4.75. The molecule has 1 saturated heterocycles. The number of rotatable bonds is 5. The number of hydrogen-bond donors (Lipinski definition) is 2. The molecule has 1 aliphatic rings. The Balaban J connectivity index is 2.42. The lowest BCUT2D eigenvalue weighted by Gasteiger charge is -2.18. The van der Waals surface area contributed by atoms with E-state index >= 15 is 0 Å². The predicted molar refractivity (Wildman–Crippen MR) is 72.8 cm³/mol. The lowest BCUT2D eigenvalue weighted by atomic mass is 10.2. The van der Waals surface area contributed by atoms with Crippen LogP contribution in [0.25, 0.3) is 0 Å². The number of aromatic nitrogens is 1. The van der Waals surface area contributed by atoms with Gasteiger partial charge in [-0.15, -0.1) is 0 Å². The van der Waals surface area contributed by atoms with E-state index in [1.165, 1.54) is 0 Å². The summed E-state index contributed by atoms with van der Waals surface area (Å²) in [4.78, 5) is 3.10. The highest BCUT2D eigenvalue weighted by Gasteiger charge is 2.37. The SMILES string of the molecule is O=S(=O)(c1cnc(NCCO)c(C(F)(F)F)c1)N1CCCC1. The third-order valence-electron chi connectivity index (χ3n) is 3.28. The van der Waals surface area contributed by atoms with Gasteiger partial charge < -0.3 is 10.4 Å². The number of aliphatic hydroxyl groups is 1. The molecule has 0 atom stereocenters. The van der Waals surface area contributed by atoms with Crippen LogP contribution in [0, 0.1) is 0 Å². The fourth-order valence-corrected chi connectivity index (χ4v) is 3.69. The Kier molecular flexibility index (Phi) is 4.93. The van der Waals surface area contributed by atoms with E-state index in [1.54, 1.807) is 0 Å². The first-order valence-electron chi connectivity index (χ1n) is 6.69. The van der Waals surface area contributed by atoms with Crippen molar-refractivity contribution in [1.82, 2.24) is 9.29 Å². The number of sulfonamides is 1. The molecule has 0 aliphatic carbocycles. The smallest absolute Gasteiger partial charge is 0.395 e. The first-order valence-corrected chi connectivity index (χ1v) is 8.13. The van der Waals surface area contributed by atoms with Gasteiger partial charge in [0.25, 0.3) is 0 Å². The van der Waals surface area contributed by atoms with Crippen molar-refractivity contribution >= 4 is 15.8 Å². The molecule has 0 unspecified atom stereocenters. The molecule has 0 saturated carbocycles. The standard InChI is InChI=1S/C12H16F3N3O3S/c13-12(14,15)10-7-9(8-17-11(10)16-3-6-19)22(20,21)18-4-1-2-5-18/h7-8,19H,1-6H2,(H,16,17). The summed E-state index contributed by atoms with van der Waals surface area (Å²) in [7, 11) is -3.97. The maximum absolute atomic E-state index is 13.1. The highest BCUT2D eigenvalue weighted by molar-refractivity contribution is 7.89. The number of pyridine rings is 1. The maximum atomic E-state index is 13.1. The van der Waals surface area contributed by atoms with Crippen molar-refractivity contribution in [3.63, 3.8) is 0 Å². The van der Waals surface area contributed by atoms with Gasteiger partial charge >= 0.3 is 6.18 Å². The van der Waals surface area contributed by atoms with E-state index < -0.39 is 32.5 Å². The van der Waals surface area contributed by atoms with Crippen LogP contribution in [0.15, 0.2) is 17.2 Å². The second-order valence-corrected chi connectivity index (χ2v) is 6.76. The number of alkyl halides is 3. The molecule has 0 aromatic carbocycles. The van der Waals surface area contributed by atoms with Crippen molar-refractivity contribution in [2.75, 3.05) is 31.6 Å². The van der Waals surface area contributed by atoms with E-state index in [4.69, 9.17) is 5.11 Å². The lowest BCUT2D eigenvalue weighted by Crippen LogP contribution is -2.28. The van der Waals surface area contributed by atoms with Gasteiger partial charge in [0.05, 0.1) is 12.2 Å². The number of halogens is 3. The number of nitrogens with zero attached hydrogens (tertiary/aromatic N) is 2. The van der Waals surface area contributed by atoms with Crippen LogP contribution in [0.1, 0.15) is 18.4 Å². The molecule has 0 radical (unpaired) electrons. The third kappa shape index (κ3) is 3.50. The molecule has 10 heteroatoms. The molecule has 2 rings (SSSR count). The second kappa shape index (κ2) is 6.39. The fourth-order valence-electron chi connectivity index (χ4n) is 2.20. The topological polar surface area (TPSA) is 82.5 Å². The molecule has 1 fully saturated rings. The van der Waals surface area contributed by atoms with Gasteiger partial charge in [0.1, 0.15) is 10.7 Å². The van der Waals surface area contributed by atoms with Gasteiger partial charge in [-0.05, 0) is 18.9 Å². The molecule has 1 aliphatic heterocycles. The quantitative estimate of drug-likeness (QED) is 0.845. The molecule has 2 heterocycles. The van der Waals surface area contributed by atoms with Crippen LogP contribution in [0.5, 0.6) is 0 Å². The zero-order chi connectivity index (χ0) is 16.4. The summed E-state index contributed by atoms with van der Waals surface area (Å²) in [6.07, 6.45) is -2.46. The van der Waals surface area contributed by atoms with Crippen molar-refractivity contribution in [2.45, 2.75) is 23.9 Å². The zero-order valence-electron chi connectivity index (χ0n) is 11.6. The monoisotopic (exact) mass is 339 g/mol. The van der Waals surface area contributed by atoms with E-state index in [-0.39, 0.29) is 13.2 Å². The Labute approximate surface area is 126 Å². The van der Waals surface area contributed by atoms with Crippen LogP contribution in [0.2, 0.25) is 0 Å². The van der Waals surface area contributed by atoms with E-state index in [0.29, 0.717) is 32.0 Å². The molecule has 124 valence electrons. The summed E-state index contributed by atoms with van der Waals surface area (Å²) in [6.45, 7) is 0.115. The van der Waals surface area contributed by atoms with Crippen LogP contribution >= 0.6 is 0 Å². The van der Waals surface area contributed by atoms with Gasteiger partial charge in [0, 0.05) is 25.8 Å². The van der Waals surface area contributed by atoms with E-state index in [2.05, 4.69) is 10.3 Å². The highest BCUT2D eigenvalue weighted by atomic mass is 32.2. The van der Waals surface area contributed by atoms with Gasteiger partial charge in [-0.25, -0.2) is 13.4 Å². The zero-order valence-corrected chi connectivity index (χ0v) is 12.4. The van der Waals surface area contributed by atoms with Crippen LogP contribution < -0.4 is 5.32 Å². The Morgan fingerprint density at radius 1 is 1.32 bits per heavy atom. The number of nitrogens with one attached hydrogen (secondary N) is 1. The van der Waals surface area contributed by atoms with Crippen LogP contribution in [0.3, 0.4) is 0 Å². The van der Waals surface area contributed by atoms with Gasteiger partial charge in [-0.3, -0.25) is 0 Å². The molecule has 22 heavy (non-hydrogen) atoms. The summed E-state index contributed by atoms with van der Waals surface area (Å²) in [5.41, 5.74) is -1.17. The summed E-state index contributed by atoms with van der Waals surface area (Å²) in [5.74, 6) is -0.498. The van der Waals surface area contributed by atoms with Crippen LogP contribution in [-0.4, -0.2) is 49.1 Å². The molecule has 0 spiro atoms. The van der Waals surface area contributed by atoms with Gasteiger partial charge in [0.15, 0.2) is 0 Å². The molecule has 0 bridgehead atoms. The van der Waals surface area contributed by atoms with Gasteiger partial charge in [0.2, 0.25) is 10.0 Å². The van der Waals surface area contributed by atoms with E-state index in [0.717, 1.165) is 10.5 Å². The Bertz CT molecular complexity index is 628. The number of aliphatic hydroxyl groups excluding tert-OH is 1. The van der Waals surface area contributed by atoms with Crippen molar-refractivity contribution in [1.29, 1.82) is 0 Å². The van der Waals surface area contributed by atoms with Crippen LogP contribution in [0.4, 0.5) is 19.0 Å². The Hall–Kier alpha value is -1.39. The number of hydrogen-bond acceptors (Lipinski definition) is 5. The normalized spacial score (nSPS) is 16.9. The average Bonchev–Trinajstić information content (AvgIpc) is 2.98. The van der Waals surface area contributed by atoms with Crippen LogP contribution in [-0.2, 0) is 16.2 Å². The van der Waals surface area contributed by atoms with Crippen molar-refractivity contribution in [2.24, 2.45) is 0 Å². The fraction of sp³-hybridized carbons (Fsp3) is 0.583. The molecule has 1 aromatic rings. The average molecular weight is 339 g/mol.